The number of aliphatic carboxylic acids is 1. The highest BCUT2D eigenvalue weighted by Gasteiger charge is 2.44. The van der Waals surface area contributed by atoms with Crippen LogP contribution in [0, 0.1) is 5.41 Å². The van der Waals surface area contributed by atoms with E-state index in [-0.39, 0.29) is 17.7 Å². The van der Waals surface area contributed by atoms with Gasteiger partial charge in [0, 0.05) is 13.1 Å². The Morgan fingerprint density at radius 2 is 1.90 bits per heavy atom. The van der Waals surface area contributed by atoms with Crippen molar-refractivity contribution in [2.24, 2.45) is 5.41 Å². The van der Waals surface area contributed by atoms with Crippen LogP contribution >= 0.6 is 11.8 Å². The standard InChI is InChI=1S/C15H25NO3S/c1-16(12-5-3-2-4-6-12)13(17)10-20-11-15(7-8-15)9-14(18)19/h12H,2-11H2,1H3,(H,18,19). The third-order valence-corrected chi connectivity index (χ3v) is 5.90. The average Bonchev–Trinajstić information content (AvgIpc) is 3.17. The van der Waals surface area contributed by atoms with Gasteiger partial charge in [0.15, 0.2) is 0 Å². The Morgan fingerprint density at radius 3 is 2.45 bits per heavy atom. The molecule has 5 heteroatoms. The van der Waals surface area contributed by atoms with Crippen molar-refractivity contribution in [3.8, 4) is 0 Å². The van der Waals surface area contributed by atoms with Gasteiger partial charge in [0.1, 0.15) is 0 Å². The van der Waals surface area contributed by atoms with Crippen LogP contribution in [0.2, 0.25) is 0 Å². The van der Waals surface area contributed by atoms with Crippen LogP contribution in [0.15, 0.2) is 0 Å². The second-order valence-electron chi connectivity index (χ2n) is 6.36. The Hall–Kier alpha value is -0.710. The molecular weight excluding hydrogens is 274 g/mol. The van der Waals surface area contributed by atoms with Gasteiger partial charge in [-0.15, -0.1) is 0 Å². The molecule has 0 aromatic heterocycles. The Bertz CT molecular complexity index is 362. The predicted molar refractivity (Wildman–Crippen MR) is 80.9 cm³/mol. The molecule has 0 aromatic carbocycles. The van der Waals surface area contributed by atoms with Crippen molar-refractivity contribution in [3.63, 3.8) is 0 Å². The van der Waals surface area contributed by atoms with E-state index in [0.29, 0.717) is 11.8 Å². The van der Waals surface area contributed by atoms with E-state index in [9.17, 15) is 9.59 Å². The van der Waals surface area contributed by atoms with Crippen LogP contribution in [0.3, 0.4) is 0 Å². The van der Waals surface area contributed by atoms with E-state index in [4.69, 9.17) is 5.11 Å². The predicted octanol–water partition coefficient (Wildman–Crippen LogP) is 2.77. The maximum atomic E-state index is 12.2. The van der Waals surface area contributed by atoms with Crippen LogP contribution in [-0.4, -0.2) is 46.5 Å². The fourth-order valence-corrected chi connectivity index (χ4v) is 4.30. The van der Waals surface area contributed by atoms with E-state index in [0.717, 1.165) is 31.4 Å². The molecule has 0 radical (unpaired) electrons. The molecule has 2 fully saturated rings. The summed E-state index contributed by atoms with van der Waals surface area (Å²) in [5.74, 6) is 0.791. The van der Waals surface area contributed by atoms with Gasteiger partial charge < -0.3 is 10.0 Å². The molecule has 0 aromatic rings. The maximum Gasteiger partial charge on any atom is 0.303 e. The van der Waals surface area contributed by atoms with E-state index in [1.54, 1.807) is 11.8 Å². The summed E-state index contributed by atoms with van der Waals surface area (Å²) in [5.41, 5.74) is -0.0137. The molecule has 1 amide bonds. The molecule has 0 aliphatic heterocycles. The normalized spacial score (nSPS) is 21.4. The zero-order valence-electron chi connectivity index (χ0n) is 12.3. The lowest BCUT2D eigenvalue weighted by Gasteiger charge is -2.31. The first-order valence-corrected chi connectivity index (χ1v) is 8.73. The number of carbonyl (C=O) groups excluding carboxylic acids is 1. The van der Waals surface area contributed by atoms with Crippen molar-refractivity contribution in [1.82, 2.24) is 4.90 Å². The summed E-state index contributed by atoms with van der Waals surface area (Å²) in [6.45, 7) is 0. The molecule has 2 saturated carbocycles. The molecule has 0 atom stereocenters. The molecule has 0 saturated heterocycles. The number of hydrogen-bond donors (Lipinski definition) is 1. The summed E-state index contributed by atoms with van der Waals surface area (Å²) in [6.07, 6.45) is 8.29. The second kappa shape index (κ2) is 6.83. The van der Waals surface area contributed by atoms with Crippen LogP contribution in [-0.2, 0) is 9.59 Å². The number of carbonyl (C=O) groups is 2. The quantitative estimate of drug-likeness (QED) is 0.785. The molecule has 0 unspecified atom stereocenters. The van der Waals surface area contributed by atoms with Crippen LogP contribution in [0.5, 0.6) is 0 Å². The van der Waals surface area contributed by atoms with E-state index in [1.165, 1.54) is 19.3 Å². The topological polar surface area (TPSA) is 57.6 Å². The molecule has 0 bridgehead atoms. The van der Waals surface area contributed by atoms with Crippen LogP contribution < -0.4 is 0 Å². The van der Waals surface area contributed by atoms with Gasteiger partial charge in [-0.25, -0.2) is 0 Å². The van der Waals surface area contributed by atoms with Gasteiger partial charge in [0.05, 0.1) is 12.2 Å². The van der Waals surface area contributed by atoms with Gasteiger partial charge in [0.2, 0.25) is 5.91 Å². The smallest absolute Gasteiger partial charge is 0.303 e. The van der Waals surface area contributed by atoms with Crippen molar-refractivity contribution in [2.45, 2.75) is 57.4 Å². The third-order valence-electron chi connectivity index (χ3n) is 4.63. The van der Waals surface area contributed by atoms with Crippen molar-refractivity contribution >= 4 is 23.6 Å². The monoisotopic (exact) mass is 299 g/mol. The Balaban J connectivity index is 1.68. The van der Waals surface area contributed by atoms with Crippen LogP contribution in [0.25, 0.3) is 0 Å². The molecule has 20 heavy (non-hydrogen) atoms. The Kier molecular flexibility index (Phi) is 5.35. The second-order valence-corrected chi connectivity index (χ2v) is 7.35. The molecule has 0 heterocycles. The summed E-state index contributed by atoms with van der Waals surface area (Å²) >= 11 is 1.61. The maximum absolute atomic E-state index is 12.2. The lowest BCUT2D eigenvalue weighted by atomic mass is 9.94. The first-order chi connectivity index (χ1) is 9.52. The van der Waals surface area contributed by atoms with Gasteiger partial charge in [-0.05, 0) is 36.9 Å². The summed E-state index contributed by atoms with van der Waals surface area (Å²) in [4.78, 5) is 24.9. The number of carboxylic acid groups (broad SMARTS) is 1. The van der Waals surface area contributed by atoms with E-state index in [1.807, 2.05) is 11.9 Å². The molecule has 114 valence electrons. The highest BCUT2D eigenvalue weighted by molar-refractivity contribution is 7.99. The molecule has 2 aliphatic carbocycles. The van der Waals surface area contributed by atoms with E-state index in [2.05, 4.69) is 0 Å². The first kappa shape index (κ1) is 15.7. The van der Waals surface area contributed by atoms with Crippen molar-refractivity contribution < 1.29 is 14.7 Å². The summed E-state index contributed by atoms with van der Waals surface area (Å²) < 4.78 is 0. The van der Waals surface area contributed by atoms with Crippen LogP contribution in [0.4, 0.5) is 0 Å². The minimum absolute atomic E-state index is 0.0137. The Labute approximate surface area is 125 Å². The molecule has 4 nitrogen and oxygen atoms in total. The largest absolute Gasteiger partial charge is 0.481 e. The highest BCUT2D eigenvalue weighted by atomic mass is 32.2. The minimum Gasteiger partial charge on any atom is -0.481 e. The number of thioether (sulfide) groups is 1. The summed E-state index contributed by atoms with van der Waals surface area (Å²) in [5, 5.41) is 8.87. The number of nitrogens with zero attached hydrogens (tertiary/aromatic N) is 1. The number of carboxylic acids is 1. The van der Waals surface area contributed by atoms with Crippen molar-refractivity contribution in [1.29, 1.82) is 0 Å². The summed E-state index contributed by atoms with van der Waals surface area (Å²) in [6, 6.07) is 0.422. The molecule has 2 aliphatic rings. The van der Waals surface area contributed by atoms with Gasteiger partial charge in [-0.1, -0.05) is 19.3 Å². The number of amides is 1. The summed E-state index contributed by atoms with van der Waals surface area (Å²) in [7, 11) is 1.92. The van der Waals surface area contributed by atoms with Crippen LogP contribution in [0.1, 0.15) is 51.4 Å². The zero-order chi connectivity index (χ0) is 14.6. The van der Waals surface area contributed by atoms with Gasteiger partial charge in [-0.3, -0.25) is 9.59 Å². The number of rotatable bonds is 7. The zero-order valence-corrected chi connectivity index (χ0v) is 13.1. The van der Waals surface area contributed by atoms with Gasteiger partial charge >= 0.3 is 5.97 Å². The SMILES string of the molecule is CN(C(=O)CSCC1(CC(=O)O)CC1)C1CCCCC1. The van der Waals surface area contributed by atoms with Gasteiger partial charge in [0.25, 0.3) is 0 Å². The fraction of sp³-hybridized carbons (Fsp3) is 0.867. The number of hydrogen-bond acceptors (Lipinski definition) is 3. The lowest BCUT2D eigenvalue weighted by Crippen LogP contribution is -2.39. The average molecular weight is 299 g/mol. The van der Waals surface area contributed by atoms with Gasteiger partial charge in [-0.2, -0.15) is 11.8 Å². The Morgan fingerprint density at radius 1 is 1.25 bits per heavy atom. The third kappa shape index (κ3) is 4.40. The van der Waals surface area contributed by atoms with E-state index >= 15 is 0 Å². The van der Waals surface area contributed by atoms with E-state index < -0.39 is 5.97 Å². The van der Waals surface area contributed by atoms with Crippen molar-refractivity contribution in [2.75, 3.05) is 18.6 Å². The molecule has 0 spiro atoms. The lowest BCUT2D eigenvalue weighted by molar-refractivity contribution is -0.138. The van der Waals surface area contributed by atoms with Crippen molar-refractivity contribution in [3.05, 3.63) is 0 Å². The molecule has 2 rings (SSSR count). The molecule has 1 N–H and O–H groups in total. The highest BCUT2D eigenvalue weighted by Crippen LogP contribution is 2.51. The minimum atomic E-state index is -0.714. The molecular formula is C15H25NO3S. The first-order valence-electron chi connectivity index (χ1n) is 7.58. The fourth-order valence-electron chi connectivity index (χ4n) is 3.00.